The molecule has 0 spiro atoms. The number of fused-ring (bicyclic) bond motifs is 1. The molecule has 0 saturated heterocycles. The van der Waals surface area contributed by atoms with Gasteiger partial charge in [-0.1, -0.05) is 23.7 Å². The maximum Gasteiger partial charge on any atom is 0.337 e. The average Bonchev–Trinajstić information content (AvgIpc) is 2.69. The average molecular weight is 403 g/mol. The van der Waals surface area contributed by atoms with Crippen LogP contribution in [0.3, 0.4) is 0 Å². The number of esters is 1. The minimum atomic E-state index is -0.621. The van der Waals surface area contributed by atoms with Crippen LogP contribution in [0.5, 0.6) is 5.75 Å². The van der Waals surface area contributed by atoms with Gasteiger partial charge in [0.15, 0.2) is 6.10 Å². The van der Waals surface area contributed by atoms with Crippen LogP contribution in [0.4, 0.5) is 11.4 Å². The van der Waals surface area contributed by atoms with E-state index in [1.807, 2.05) is 6.07 Å². The first-order chi connectivity index (χ1) is 13.4. The largest absolute Gasteiger partial charge is 0.479 e. The van der Waals surface area contributed by atoms with Crippen LogP contribution in [-0.2, 0) is 14.3 Å². The van der Waals surface area contributed by atoms with Crippen molar-refractivity contribution in [2.45, 2.75) is 19.4 Å². The summed E-state index contributed by atoms with van der Waals surface area (Å²) in [6, 6.07) is 11.6. The molecular formula is C20H19ClN2O5. The minimum absolute atomic E-state index is 0.0472. The lowest BCUT2D eigenvalue weighted by atomic mass is 10.1. The number of carbonyl (C=O) groups is 3. The Bertz CT molecular complexity index is 931. The molecule has 1 heterocycles. The first kappa shape index (κ1) is 19.7. The van der Waals surface area contributed by atoms with E-state index in [0.29, 0.717) is 22.1 Å². The molecule has 1 aliphatic heterocycles. The maximum absolute atomic E-state index is 12.5. The summed E-state index contributed by atoms with van der Waals surface area (Å²) in [5.74, 6) is -0.480. The van der Waals surface area contributed by atoms with Crippen molar-refractivity contribution in [3.05, 3.63) is 53.1 Å². The standard InChI is InChI=1S/C20H19ClN2O5/c1-12-19(25)23(16-5-3-4-6-17(16)28-12)10-9-18(24)22-15-11-13(20(26)27-2)7-8-14(15)21/h3-8,11-12H,9-10H2,1-2H3,(H,22,24). The zero-order chi connectivity index (χ0) is 20.3. The molecule has 2 amide bonds. The lowest BCUT2D eigenvalue weighted by Gasteiger charge is -2.32. The van der Waals surface area contributed by atoms with E-state index < -0.39 is 12.1 Å². The van der Waals surface area contributed by atoms with Crippen molar-refractivity contribution in [1.29, 1.82) is 0 Å². The highest BCUT2D eigenvalue weighted by atomic mass is 35.5. The second-order valence-electron chi connectivity index (χ2n) is 6.20. The number of ether oxygens (including phenoxy) is 2. The summed E-state index contributed by atoms with van der Waals surface area (Å²) >= 11 is 6.10. The first-order valence-electron chi connectivity index (χ1n) is 8.65. The Hall–Kier alpha value is -3.06. The van der Waals surface area contributed by atoms with Crippen LogP contribution in [0.15, 0.2) is 42.5 Å². The van der Waals surface area contributed by atoms with Gasteiger partial charge in [-0.3, -0.25) is 9.59 Å². The van der Waals surface area contributed by atoms with E-state index in [4.69, 9.17) is 16.3 Å². The molecule has 28 heavy (non-hydrogen) atoms. The summed E-state index contributed by atoms with van der Waals surface area (Å²) in [6.45, 7) is 1.85. The third-order valence-corrected chi connectivity index (χ3v) is 4.63. The van der Waals surface area contributed by atoms with Crippen molar-refractivity contribution in [2.24, 2.45) is 0 Å². The molecule has 1 atom stereocenters. The molecule has 0 aromatic heterocycles. The van der Waals surface area contributed by atoms with Crippen LogP contribution >= 0.6 is 11.6 Å². The van der Waals surface area contributed by atoms with E-state index in [9.17, 15) is 14.4 Å². The Balaban J connectivity index is 1.70. The van der Waals surface area contributed by atoms with Gasteiger partial charge in [-0.2, -0.15) is 0 Å². The Morgan fingerprint density at radius 3 is 2.75 bits per heavy atom. The molecule has 1 unspecified atom stereocenters. The fourth-order valence-electron chi connectivity index (χ4n) is 2.88. The topological polar surface area (TPSA) is 84.9 Å². The van der Waals surface area contributed by atoms with E-state index in [0.717, 1.165) is 0 Å². The number of benzene rings is 2. The molecule has 0 fully saturated rings. The second kappa shape index (κ2) is 8.31. The predicted octanol–water partition coefficient (Wildman–Crippen LogP) is 3.27. The fraction of sp³-hybridized carbons (Fsp3) is 0.250. The molecule has 0 saturated carbocycles. The predicted molar refractivity (Wildman–Crippen MR) is 105 cm³/mol. The molecule has 8 heteroatoms. The Kier molecular flexibility index (Phi) is 5.84. The highest BCUT2D eigenvalue weighted by Crippen LogP contribution is 2.33. The number of carbonyl (C=O) groups excluding carboxylic acids is 3. The molecule has 146 valence electrons. The smallest absolute Gasteiger partial charge is 0.337 e. The number of hydrogen-bond acceptors (Lipinski definition) is 5. The number of para-hydroxylation sites is 2. The molecule has 1 aliphatic rings. The number of methoxy groups -OCH3 is 1. The van der Waals surface area contributed by atoms with Crippen molar-refractivity contribution < 1.29 is 23.9 Å². The Labute approximate surface area is 167 Å². The minimum Gasteiger partial charge on any atom is -0.479 e. The van der Waals surface area contributed by atoms with Crippen LogP contribution < -0.4 is 15.0 Å². The number of nitrogens with zero attached hydrogens (tertiary/aromatic N) is 1. The third kappa shape index (κ3) is 4.09. The number of hydrogen-bond donors (Lipinski definition) is 1. The molecule has 2 aromatic carbocycles. The summed E-state index contributed by atoms with van der Waals surface area (Å²) < 4.78 is 10.3. The van der Waals surface area contributed by atoms with Crippen molar-refractivity contribution in [2.75, 3.05) is 23.9 Å². The van der Waals surface area contributed by atoms with Gasteiger partial charge in [-0.05, 0) is 37.3 Å². The van der Waals surface area contributed by atoms with Crippen LogP contribution in [0, 0.1) is 0 Å². The van der Waals surface area contributed by atoms with E-state index in [2.05, 4.69) is 10.1 Å². The van der Waals surface area contributed by atoms with Gasteiger partial charge in [0.2, 0.25) is 5.91 Å². The Morgan fingerprint density at radius 1 is 1.25 bits per heavy atom. The number of amides is 2. The summed E-state index contributed by atoms with van der Waals surface area (Å²) in [6.07, 6.45) is -0.574. The number of rotatable bonds is 5. The molecule has 0 radical (unpaired) electrons. The quantitative estimate of drug-likeness (QED) is 0.776. The number of halogens is 1. The summed E-state index contributed by atoms with van der Waals surface area (Å²) in [7, 11) is 1.27. The van der Waals surface area contributed by atoms with Gasteiger partial charge in [0.25, 0.3) is 5.91 Å². The monoisotopic (exact) mass is 402 g/mol. The lowest BCUT2D eigenvalue weighted by molar-refractivity contribution is -0.125. The first-order valence-corrected chi connectivity index (χ1v) is 9.03. The van der Waals surface area contributed by atoms with E-state index in [1.54, 1.807) is 25.1 Å². The van der Waals surface area contributed by atoms with Gasteiger partial charge < -0.3 is 19.7 Å². The van der Waals surface area contributed by atoms with Crippen molar-refractivity contribution in [3.63, 3.8) is 0 Å². The molecule has 0 aliphatic carbocycles. The van der Waals surface area contributed by atoms with Crippen molar-refractivity contribution in [1.82, 2.24) is 0 Å². The van der Waals surface area contributed by atoms with E-state index in [-0.39, 0.29) is 30.3 Å². The Morgan fingerprint density at radius 2 is 2.00 bits per heavy atom. The second-order valence-corrected chi connectivity index (χ2v) is 6.61. The fourth-order valence-corrected chi connectivity index (χ4v) is 3.05. The zero-order valence-electron chi connectivity index (χ0n) is 15.4. The van der Waals surface area contributed by atoms with Gasteiger partial charge >= 0.3 is 5.97 Å². The third-order valence-electron chi connectivity index (χ3n) is 4.30. The van der Waals surface area contributed by atoms with Crippen LogP contribution in [0.2, 0.25) is 5.02 Å². The van der Waals surface area contributed by atoms with Gasteiger partial charge in [-0.25, -0.2) is 4.79 Å². The van der Waals surface area contributed by atoms with Gasteiger partial charge in [0.05, 0.1) is 29.1 Å². The van der Waals surface area contributed by atoms with Crippen LogP contribution in [-0.4, -0.2) is 37.5 Å². The summed E-state index contributed by atoms with van der Waals surface area (Å²) in [4.78, 5) is 38.0. The van der Waals surface area contributed by atoms with Crippen LogP contribution in [0.1, 0.15) is 23.7 Å². The van der Waals surface area contributed by atoms with Gasteiger partial charge in [0, 0.05) is 13.0 Å². The molecule has 7 nitrogen and oxygen atoms in total. The molecular weight excluding hydrogens is 384 g/mol. The molecule has 3 rings (SSSR count). The molecule has 1 N–H and O–H groups in total. The number of nitrogens with one attached hydrogen (secondary N) is 1. The molecule has 2 aromatic rings. The SMILES string of the molecule is COC(=O)c1ccc(Cl)c(NC(=O)CCN2C(=O)C(C)Oc3ccccc32)c1. The van der Waals surface area contributed by atoms with Crippen LogP contribution in [0.25, 0.3) is 0 Å². The van der Waals surface area contributed by atoms with E-state index in [1.165, 1.54) is 30.2 Å². The zero-order valence-corrected chi connectivity index (χ0v) is 16.2. The van der Waals surface area contributed by atoms with E-state index >= 15 is 0 Å². The molecule has 0 bridgehead atoms. The lowest BCUT2D eigenvalue weighted by Crippen LogP contribution is -2.45. The summed E-state index contributed by atoms with van der Waals surface area (Å²) in [5.41, 5.74) is 1.20. The summed E-state index contributed by atoms with van der Waals surface area (Å²) in [5, 5.41) is 2.97. The van der Waals surface area contributed by atoms with Gasteiger partial charge in [0.1, 0.15) is 5.75 Å². The van der Waals surface area contributed by atoms with Gasteiger partial charge in [-0.15, -0.1) is 0 Å². The van der Waals surface area contributed by atoms with Crippen molar-refractivity contribution in [3.8, 4) is 5.75 Å². The maximum atomic E-state index is 12.5. The normalized spacial score (nSPS) is 15.5. The highest BCUT2D eigenvalue weighted by molar-refractivity contribution is 6.33. The highest BCUT2D eigenvalue weighted by Gasteiger charge is 2.31. The number of anilines is 2. The van der Waals surface area contributed by atoms with Crippen molar-refractivity contribution >= 4 is 40.8 Å².